The van der Waals surface area contributed by atoms with Crippen LogP contribution in [0.3, 0.4) is 0 Å². The van der Waals surface area contributed by atoms with E-state index in [0.717, 1.165) is 18.4 Å². The number of nitrogens with one attached hydrogen (secondary N) is 2. The minimum atomic E-state index is -0.563. The molecule has 0 aromatic heterocycles. The van der Waals surface area contributed by atoms with E-state index in [1.165, 1.54) is 29.8 Å². The van der Waals surface area contributed by atoms with Crippen LogP contribution in [-0.2, 0) is 11.2 Å². The molecule has 2 aromatic rings. The smallest absolute Gasteiger partial charge is 0.270 e. The van der Waals surface area contributed by atoms with Crippen LogP contribution in [0.4, 0.5) is 5.69 Å². The molecule has 7 heteroatoms. The van der Waals surface area contributed by atoms with Crippen molar-refractivity contribution in [3.05, 3.63) is 75.3 Å². The third kappa shape index (κ3) is 4.19. The van der Waals surface area contributed by atoms with Crippen LogP contribution in [0.15, 0.2) is 48.5 Å². The van der Waals surface area contributed by atoms with Crippen LogP contribution in [0.5, 0.6) is 0 Å². The molecule has 1 aliphatic rings. The van der Waals surface area contributed by atoms with E-state index < -0.39 is 10.8 Å². The number of carbonyl (C=O) groups is 2. The number of nitro groups is 1. The van der Waals surface area contributed by atoms with E-state index in [1.54, 1.807) is 0 Å². The maximum absolute atomic E-state index is 12.5. The molecule has 0 unspecified atom stereocenters. The molecule has 2 aromatic carbocycles. The Morgan fingerprint density at radius 1 is 1.18 bits per heavy atom. The first-order valence-corrected chi connectivity index (χ1v) is 9.18. The van der Waals surface area contributed by atoms with Crippen molar-refractivity contribution in [3.63, 3.8) is 0 Å². The molecule has 1 atom stereocenters. The molecule has 0 saturated carbocycles. The summed E-state index contributed by atoms with van der Waals surface area (Å²) in [5.74, 6) is -0.823. The molecule has 1 aliphatic carbocycles. The molecule has 3 rings (SSSR count). The molecule has 0 aliphatic heterocycles. The van der Waals surface area contributed by atoms with Crippen molar-refractivity contribution >= 4 is 17.5 Å². The summed E-state index contributed by atoms with van der Waals surface area (Å²) in [6.07, 6.45) is 1.92. The Labute approximate surface area is 163 Å². The molecule has 7 nitrogen and oxygen atoms in total. The fraction of sp³-hybridized carbons (Fsp3) is 0.333. The second-order valence-electron chi connectivity index (χ2n) is 7.68. The molecule has 2 N–H and O–H groups in total. The second-order valence-corrected chi connectivity index (χ2v) is 7.68. The Morgan fingerprint density at radius 2 is 1.93 bits per heavy atom. The summed E-state index contributed by atoms with van der Waals surface area (Å²) in [4.78, 5) is 35.0. The van der Waals surface area contributed by atoms with Crippen LogP contribution in [0.1, 0.15) is 47.8 Å². The topological polar surface area (TPSA) is 101 Å². The quantitative estimate of drug-likeness (QED) is 0.613. The van der Waals surface area contributed by atoms with E-state index in [4.69, 9.17) is 0 Å². The van der Waals surface area contributed by atoms with Gasteiger partial charge in [0.05, 0.1) is 17.5 Å². The van der Waals surface area contributed by atoms with E-state index in [9.17, 15) is 19.7 Å². The summed E-state index contributed by atoms with van der Waals surface area (Å²) in [7, 11) is 0. The van der Waals surface area contributed by atoms with Gasteiger partial charge >= 0.3 is 0 Å². The number of aryl methyl sites for hydroxylation is 1. The van der Waals surface area contributed by atoms with Crippen LogP contribution in [0, 0.1) is 15.5 Å². The van der Waals surface area contributed by atoms with Crippen molar-refractivity contribution in [3.8, 4) is 0 Å². The van der Waals surface area contributed by atoms with Crippen LogP contribution in [0.2, 0.25) is 0 Å². The molecule has 28 heavy (non-hydrogen) atoms. The van der Waals surface area contributed by atoms with Gasteiger partial charge in [-0.05, 0) is 35.4 Å². The highest BCUT2D eigenvalue weighted by Crippen LogP contribution is 2.43. The maximum atomic E-state index is 12.5. The zero-order valence-corrected chi connectivity index (χ0v) is 15.9. The Hall–Kier alpha value is -3.22. The predicted octanol–water partition coefficient (Wildman–Crippen LogP) is 3.15. The first kappa shape index (κ1) is 19.5. The van der Waals surface area contributed by atoms with Crippen molar-refractivity contribution in [2.75, 3.05) is 6.54 Å². The van der Waals surface area contributed by atoms with Gasteiger partial charge in [-0.25, -0.2) is 0 Å². The number of fused-ring (bicyclic) bond motifs is 1. The molecule has 0 bridgehead atoms. The van der Waals surface area contributed by atoms with E-state index in [1.807, 2.05) is 18.2 Å². The van der Waals surface area contributed by atoms with Gasteiger partial charge in [-0.3, -0.25) is 19.7 Å². The third-order valence-electron chi connectivity index (χ3n) is 5.22. The first-order valence-electron chi connectivity index (χ1n) is 9.18. The molecule has 0 heterocycles. The summed E-state index contributed by atoms with van der Waals surface area (Å²) < 4.78 is 0. The van der Waals surface area contributed by atoms with Gasteiger partial charge in [-0.1, -0.05) is 44.2 Å². The Balaban J connectivity index is 1.65. The molecule has 2 amide bonds. The summed E-state index contributed by atoms with van der Waals surface area (Å²) in [6, 6.07) is 13.3. The fourth-order valence-corrected chi connectivity index (χ4v) is 3.57. The van der Waals surface area contributed by atoms with Gasteiger partial charge in [-0.15, -0.1) is 0 Å². The van der Waals surface area contributed by atoms with E-state index >= 15 is 0 Å². The highest BCUT2D eigenvalue weighted by Gasteiger charge is 2.36. The lowest BCUT2D eigenvalue weighted by Gasteiger charge is -2.40. The lowest BCUT2D eigenvalue weighted by molar-refractivity contribution is -0.384. The summed E-state index contributed by atoms with van der Waals surface area (Å²) in [5.41, 5.74) is 2.21. The molecule has 0 radical (unpaired) electrons. The predicted molar refractivity (Wildman–Crippen MR) is 105 cm³/mol. The zero-order valence-electron chi connectivity index (χ0n) is 15.9. The lowest BCUT2D eigenvalue weighted by atomic mass is 9.70. The van der Waals surface area contributed by atoms with Crippen molar-refractivity contribution in [1.82, 2.24) is 10.6 Å². The highest BCUT2D eigenvalue weighted by atomic mass is 16.6. The number of benzene rings is 2. The number of non-ortho nitro benzene ring substituents is 1. The molecule has 0 saturated heterocycles. The number of hydrogen-bond acceptors (Lipinski definition) is 4. The van der Waals surface area contributed by atoms with Crippen molar-refractivity contribution in [1.29, 1.82) is 0 Å². The second kappa shape index (κ2) is 7.80. The molecule has 0 fully saturated rings. The number of nitro benzene ring substituents is 1. The van der Waals surface area contributed by atoms with Gasteiger partial charge in [0.15, 0.2) is 0 Å². The number of hydrogen-bond donors (Lipinski definition) is 2. The largest absolute Gasteiger partial charge is 0.347 e. The molecule has 0 spiro atoms. The van der Waals surface area contributed by atoms with E-state index in [0.29, 0.717) is 0 Å². The minimum Gasteiger partial charge on any atom is -0.347 e. The van der Waals surface area contributed by atoms with Gasteiger partial charge in [-0.2, -0.15) is 0 Å². The summed E-state index contributed by atoms with van der Waals surface area (Å²) >= 11 is 0. The monoisotopic (exact) mass is 381 g/mol. The average molecular weight is 381 g/mol. The van der Waals surface area contributed by atoms with Gasteiger partial charge < -0.3 is 10.6 Å². The van der Waals surface area contributed by atoms with Crippen molar-refractivity contribution in [2.45, 2.75) is 32.7 Å². The number of amides is 2. The fourth-order valence-electron chi connectivity index (χ4n) is 3.57. The Bertz CT molecular complexity index is 923. The van der Waals surface area contributed by atoms with Gasteiger partial charge in [0, 0.05) is 17.7 Å². The van der Waals surface area contributed by atoms with Crippen LogP contribution >= 0.6 is 0 Å². The molecular formula is C21H23N3O4. The van der Waals surface area contributed by atoms with Gasteiger partial charge in [0.25, 0.3) is 11.6 Å². The maximum Gasteiger partial charge on any atom is 0.270 e. The van der Waals surface area contributed by atoms with Crippen molar-refractivity contribution < 1.29 is 14.5 Å². The first-order chi connectivity index (χ1) is 13.3. The van der Waals surface area contributed by atoms with Gasteiger partial charge in [0.2, 0.25) is 5.91 Å². The van der Waals surface area contributed by atoms with Crippen molar-refractivity contribution in [2.24, 2.45) is 5.41 Å². The SMILES string of the molecule is CC1(C)CCc2ccccc2[C@H]1NC(=O)CNC(=O)c1cccc([N+](=O)[O-])c1. The van der Waals surface area contributed by atoms with E-state index in [2.05, 4.69) is 30.5 Å². The number of carbonyl (C=O) groups excluding carboxylic acids is 2. The zero-order chi connectivity index (χ0) is 20.3. The standard InChI is InChI=1S/C21H23N3O4/c1-21(2)11-10-14-6-3-4-9-17(14)19(21)23-18(25)13-22-20(26)15-7-5-8-16(12-15)24(27)28/h3-9,12,19H,10-11,13H2,1-2H3,(H,22,26)(H,23,25)/t19-/m1/s1. The number of nitrogens with zero attached hydrogens (tertiary/aromatic N) is 1. The van der Waals surface area contributed by atoms with Gasteiger partial charge in [0.1, 0.15) is 0 Å². The molecular weight excluding hydrogens is 358 g/mol. The Kier molecular flexibility index (Phi) is 5.44. The third-order valence-corrected chi connectivity index (χ3v) is 5.22. The minimum absolute atomic E-state index is 0.103. The normalized spacial score (nSPS) is 17.3. The number of rotatable bonds is 5. The Morgan fingerprint density at radius 3 is 2.68 bits per heavy atom. The van der Waals surface area contributed by atoms with Crippen LogP contribution in [-0.4, -0.2) is 23.3 Å². The van der Waals surface area contributed by atoms with E-state index in [-0.39, 0.29) is 35.2 Å². The summed E-state index contributed by atoms with van der Waals surface area (Å²) in [6.45, 7) is 4.04. The molecule has 146 valence electrons. The average Bonchev–Trinajstić information content (AvgIpc) is 2.68. The lowest BCUT2D eigenvalue weighted by Crippen LogP contribution is -2.45. The van der Waals surface area contributed by atoms with Crippen LogP contribution < -0.4 is 10.6 Å². The summed E-state index contributed by atoms with van der Waals surface area (Å²) in [5, 5.41) is 16.4. The van der Waals surface area contributed by atoms with Crippen LogP contribution in [0.25, 0.3) is 0 Å². The highest BCUT2D eigenvalue weighted by molar-refractivity contribution is 5.97.